The fourth-order valence-electron chi connectivity index (χ4n) is 1.69. The molecule has 0 bridgehead atoms. The van der Waals surface area contributed by atoms with E-state index in [0.29, 0.717) is 0 Å². The Kier molecular flexibility index (Phi) is 3.35. The van der Waals surface area contributed by atoms with Gasteiger partial charge in [-0.3, -0.25) is 4.79 Å². The molecule has 0 atom stereocenters. The van der Waals surface area contributed by atoms with Crippen molar-refractivity contribution < 1.29 is 22.7 Å². The van der Waals surface area contributed by atoms with Gasteiger partial charge < -0.3 is 9.72 Å². The second-order valence-electron chi connectivity index (χ2n) is 3.86. The van der Waals surface area contributed by atoms with Crippen molar-refractivity contribution in [1.82, 2.24) is 4.98 Å². The van der Waals surface area contributed by atoms with Crippen molar-refractivity contribution in [1.29, 1.82) is 0 Å². The van der Waals surface area contributed by atoms with Crippen molar-refractivity contribution in [2.75, 3.05) is 0 Å². The topological polar surface area (TPSA) is 59.2 Å². The number of hydrogen-bond donors (Lipinski definition) is 1. The average Bonchev–Trinajstić information content (AvgIpc) is 2.38. The molecule has 104 valence electrons. The average molecular weight is 283 g/mol. The fourth-order valence-corrected chi connectivity index (χ4v) is 1.69. The van der Waals surface area contributed by atoms with Crippen LogP contribution >= 0.6 is 0 Å². The van der Waals surface area contributed by atoms with Gasteiger partial charge in [0.2, 0.25) is 5.43 Å². The van der Waals surface area contributed by atoms with Gasteiger partial charge in [0.05, 0.1) is 11.8 Å². The predicted molar refractivity (Wildman–Crippen MR) is 65.2 cm³/mol. The van der Waals surface area contributed by atoms with Gasteiger partial charge in [-0.1, -0.05) is 6.58 Å². The summed E-state index contributed by atoms with van der Waals surface area (Å²) in [4.78, 5) is 25.9. The molecule has 0 aliphatic carbocycles. The number of carbonyl (C=O) groups excluding carboxylic acids is 1. The second-order valence-corrected chi connectivity index (χ2v) is 3.86. The molecule has 1 N–H and O–H groups in total. The molecule has 0 radical (unpaired) electrons. The Morgan fingerprint density at radius 2 is 2.05 bits per heavy atom. The number of carbonyl (C=O) groups is 1. The number of H-pyrrole nitrogens is 1. The zero-order valence-electron chi connectivity index (χ0n) is 9.95. The molecule has 0 saturated carbocycles. The molecule has 7 heteroatoms. The number of aromatic nitrogens is 1. The van der Waals surface area contributed by atoms with Crippen LogP contribution in [0.4, 0.5) is 13.2 Å². The third-order valence-electron chi connectivity index (χ3n) is 2.62. The minimum Gasteiger partial charge on any atom is -0.431 e. The summed E-state index contributed by atoms with van der Waals surface area (Å²) in [6, 6.07) is 2.60. The van der Waals surface area contributed by atoms with E-state index in [1.807, 2.05) is 0 Å². The number of fused-ring (bicyclic) bond motifs is 1. The zero-order chi connectivity index (χ0) is 14.9. The van der Waals surface area contributed by atoms with Crippen molar-refractivity contribution in [2.24, 2.45) is 0 Å². The van der Waals surface area contributed by atoms with E-state index in [4.69, 9.17) is 0 Å². The van der Waals surface area contributed by atoms with Crippen molar-refractivity contribution >= 4 is 16.9 Å². The quantitative estimate of drug-likeness (QED) is 0.681. The number of pyridine rings is 1. The Labute approximate surface area is 110 Å². The number of halogens is 3. The van der Waals surface area contributed by atoms with Crippen molar-refractivity contribution in [3.63, 3.8) is 0 Å². The lowest BCUT2D eigenvalue weighted by molar-refractivity contribution is -0.137. The first kappa shape index (κ1) is 13.9. The summed E-state index contributed by atoms with van der Waals surface area (Å²) < 4.78 is 42.1. The summed E-state index contributed by atoms with van der Waals surface area (Å²) in [6.45, 7) is 3.18. The van der Waals surface area contributed by atoms with Crippen molar-refractivity contribution in [3.8, 4) is 0 Å². The number of hydrogen-bond acceptors (Lipinski definition) is 3. The SMILES string of the molecule is C=COC(=O)c1c[nH]c2cc(C(F)(F)F)ccc2c1=O. The van der Waals surface area contributed by atoms with Gasteiger partial charge in [0, 0.05) is 17.1 Å². The van der Waals surface area contributed by atoms with Crippen LogP contribution in [0.15, 0.2) is 42.0 Å². The number of alkyl halides is 3. The molecule has 0 aliphatic rings. The van der Waals surface area contributed by atoms with Crippen molar-refractivity contribution in [3.05, 3.63) is 58.6 Å². The summed E-state index contributed by atoms with van der Waals surface area (Å²) >= 11 is 0. The van der Waals surface area contributed by atoms with E-state index in [1.165, 1.54) is 0 Å². The van der Waals surface area contributed by atoms with Gasteiger partial charge in [-0.25, -0.2) is 4.79 Å². The molecule has 0 amide bonds. The molecule has 0 aliphatic heterocycles. The Hall–Kier alpha value is -2.57. The third-order valence-corrected chi connectivity index (χ3v) is 2.62. The molecule has 0 spiro atoms. The molecule has 0 saturated heterocycles. The van der Waals surface area contributed by atoms with Gasteiger partial charge in [0.15, 0.2) is 0 Å². The Balaban J connectivity index is 2.61. The maximum Gasteiger partial charge on any atom is 0.416 e. The Morgan fingerprint density at radius 3 is 2.65 bits per heavy atom. The number of aromatic amines is 1. The van der Waals surface area contributed by atoms with Gasteiger partial charge in [0.25, 0.3) is 0 Å². The van der Waals surface area contributed by atoms with E-state index in [9.17, 15) is 22.8 Å². The molecular formula is C13H8F3NO3. The minimum absolute atomic E-state index is 0.0139. The first-order chi connectivity index (χ1) is 9.34. The monoisotopic (exact) mass is 283 g/mol. The molecule has 20 heavy (non-hydrogen) atoms. The Bertz CT molecular complexity index is 747. The molecule has 0 unspecified atom stereocenters. The highest BCUT2D eigenvalue weighted by molar-refractivity contribution is 5.93. The van der Waals surface area contributed by atoms with E-state index in [-0.39, 0.29) is 16.5 Å². The first-order valence-corrected chi connectivity index (χ1v) is 5.39. The standard InChI is InChI=1S/C13H8F3NO3/c1-2-20-12(19)9-6-17-10-5-7(13(14,15)16)3-4-8(10)11(9)18/h2-6H,1H2,(H,17,18). The summed E-state index contributed by atoms with van der Waals surface area (Å²) in [7, 11) is 0. The summed E-state index contributed by atoms with van der Waals surface area (Å²) in [5, 5.41) is -0.0310. The molecule has 2 rings (SSSR count). The van der Waals surface area contributed by atoms with E-state index in [0.717, 1.165) is 30.7 Å². The van der Waals surface area contributed by atoms with Crippen LogP contribution in [0.25, 0.3) is 10.9 Å². The number of benzene rings is 1. The zero-order valence-corrected chi connectivity index (χ0v) is 9.95. The summed E-state index contributed by atoms with van der Waals surface area (Å²) in [5.41, 5.74) is -1.92. The van der Waals surface area contributed by atoms with Crippen LogP contribution in [0, 0.1) is 0 Å². The first-order valence-electron chi connectivity index (χ1n) is 5.39. The highest BCUT2D eigenvalue weighted by Crippen LogP contribution is 2.30. The number of nitrogens with one attached hydrogen (secondary N) is 1. The van der Waals surface area contributed by atoms with Gasteiger partial charge in [0.1, 0.15) is 5.56 Å². The van der Waals surface area contributed by atoms with Gasteiger partial charge in [-0.05, 0) is 18.2 Å². The van der Waals surface area contributed by atoms with Crippen LogP contribution in [0.3, 0.4) is 0 Å². The van der Waals surface area contributed by atoms with E-state index in [2.05, 4.69) is 16.3 Å². The fraction of sp³-hybridized carbons (Fsp3) is 0.0769. The normalized spacial score (nSPS) is 11.3. The second kappa shape index (κ2) is 4.84. The minimum atomic E-state index is -4.51. The number of ether oxygens (including phenoxy) is 1. The highest BCUT2D eigenvalue weighted by atomic mass is 19.4. The maximum absolute atomic E-state index is 12.5. The predicted octanol–water partition coefficient (Wildman–Crippen LogP) is 2.85. The third kappa shape index (κ3) is 2.42. The van der Waals surface area contributed by atoms with Crippen LogP contribution < -0.4 is 5.43 Å². The maximum atomic E-state index is 12.5. The molecule has 0 fully saturated rings. The van der Waals surface area contributed by atoms with Gasteiger partial charge in [-0.2, -0.15) is 13.2 Å². The van der Waals surface area contributed by atoms with Crippen LogP contribution in [0.2, 0.25) is 0 Å². The van der Waals surface area contributed by atoms with Crippen LogP contribution in [0.1, 0.15) is 15.9 Å². The summed E-state index contributed by atoms with van der Waals surface area (Å²) in [5.74, 6) is -0.928. The highest BCUT2D eigenvalue weighted by Gasteiger charge is 2.30. The Morgan fingerprint density at radius 1 is 1.35 bits per heavy atom. The van der Waals surface area contributed by atoms with E-state index in [1.54, 1.807) is 0 Å². The number of rotatable bonds is 2. The molecule has 1 heterocycles. The lowest BCUT2D eigenvalue weighted by atomic mass is 10.1. The molecule has 4 nitrogen and oxygen atoms in total. The van der Waals surface area contributed by atoms with E-state index >= 15 is 0 Å². The smallest absolute Gasteiger partial charge is 0.416 e. The largest absolute Gasteiger partial charge is 0.431 e. The van der Waals surface area contributed by atoms with Crippen LogP contribution in [0.5, 0.6) is 0 Å². The molecule has 2 aromatic rings. The summed E-state index contributed by atoms with van der Waals surface area (Å²) in [6.07, 6.45) is -2.64. The van der Waals surface area contributed by atoms with Crippen LogP contribution in [-0.2, 0) is 10.9 Å². The van der Waals surface area contributed by atoms with Crippen LogP contribution in [-0.4, -0.2) is 11.0 Å². The van der Waals surface area contributed by atoms with Crippen molar-refractivity contribution in [2.45, 2.75) is 6.18 Å². The molecular weight excluding hydrogens is 275 g/mol. The van der Waals surface area contributed by atoms with Gasteiger partial charge >= 0.3 is 12.1 Å². The molecule has 1 aromatic heterocycles. The van der Waals surface area contributed by atoms with E-state index < -0.39 is 23.1 Å². The number of esters is 1. The lowest BCUT2D eigenvalue weighted by Gasteiger charge is -2.08. The lowest BCUT2D eigenvalue weighted by Crippen LogP contribution is -2.17. The van der Waals surface area contributed by atoms with Gasteiger partial charge in [-0.15, -0.1) is 0 Å². The molecule has 1 aromatic carbocycles.